The van der Waals surface area contributed by atoms with Crippen LogP contribution in [0.3, 0.4) is 0 Å². The van der Waals surface area contributed by atoms with E-state index in [-0.39, 0.29) is 42.0 Å². The third-order valence-corrected chi connectivity index (χ3v) is 3.76. The Morgan fingerprint density at radius 2 is 1.83 bits per heavy atom. The number of halogens is 3. The molecule has 2 aromatic carbocycles. The molecule has 0 aliphatic carbocycles. The molecule has 2 aromatic rings. The molecule has 8 nitrogen and oxygen atoms in total. The molecule has 0 atom stereocenters. The fourth-order valence-electron chi connectivity index (χ4n) is 2.35. The number of nitrogens with one attached hydrogen (secondary N) is 2. The van der Waals surface area contributed by atoms with Gasteiger partial charge in [-0.25, -0.2) is 0 Å². The predicted molar refractivity (Wildman–Crippen MR) is 115 cm³/mol. The van der Waals surface area contributed by atoms with Crippen LogP contribution >= 0.6 is 24.0 Å². The number of guanidine groups is 1. The fraction of sp³-hybridized carbons (Fsp3) is 0.278. The minimum absolute atomic E-state index is 0. The molecular formula is C18H21F2IN4O4. The van der Waals surface area contributed by atoms with Gasteiger partial charge in [-0.3, -0.25) is 15.1 Å². The molecule has 11 heteroatoms. The van der Waals surface area contributed by atoms with Crippen LogP contribution in [0.25, 0.3) is 0 Å². The highest BCUT2D eigenvalue weighted by Crippen LogP contribution is 2.25. The number of rotatable bonds is 8. The monoisotopic (exact) mass is 522 g/mol. The van der Waals surface area contributed by atoms with E-state index in [1.54, 1.807) is 25.2 Å². The molecule has 2 rings (SSSR count). The minimum Gasteiger partial charge on any atom is -0.497 e. The maximum Gasteiger partial charge on any atom is 0.387 e. The summed E-state index contributed by atoms with van der Waals surface area (Å²) in [7, 11) is 3.04. The van der Waals surface area contributed by atoms with Gasteiger partial charge in [0.05, 0.1) is 12.0 Å². The fourth-order valence-corrected chi connectivity index (χ4v) is 2.35. The van der Waals surface area contributed by atoms with Crippen molar-refractivity contribution in [1.82, 2.24) is 10.6 Å². The van der Waals surface area contributed by atoms with Crippen molar-refractivity contribution in [3.8, 4) is 11.5 Å². The highest BCUT2D eigenvalue weighted by molar-refractivity contribution is 14.0. The SMILES string of the molecule is CN=C(NCc1ccc([N+](=O)[O-])cc1)NCc1cc(OC)ccc1OC(F)F.I. The molecule has 0 fully saturated rings. The molecule has 0 saturated heterocycles. The predicted octanol–water partition coefficient (Wildman–Crippen LogP) is 3.69. The third kappa shape index (κ3) is 7.68. The van der Waals surface area contributed by atoms with E-state index in [0.29, 0.717) is 23.8 Å². The maximum atomic E-state index is 12.6. The number of hydrogen-bond donors (Lipinski definition) is 2. The van der Waals surface area contributed by atoms with Gasteiger partial charge in [0.2, 0.25) is 0 Å². The summed E-state index contributed by atoms with van der Waals surface area (Å²) in [6, 6.07) is 10.6. The molecule has 0 heterocycles. The molecule has 29 heavy (non-hydrogen) atoms. The van der Waals surface area contributed by atoms with Gasteiger partial charge < -0.3 is 20.1 Å². The largest absolute Gasteiger partial charge is 0.497 e. The van der Waals surface area contributed by atoms with Gasteiger partial charge in [0, 0.05) is 37.8 Å². The van der Waals surface area contributed by atoms with Crippen molar-refractivity contribution in [3.05, 3.63) is 63.7 Å². The van der Waals surface area contributed by atoms with Gasteiger partial charge in [0.25, 0.3) is 5.69 Å². The molecule has 0 bridgehead atoms. The van der Waals surface area contributed by atoms with Gasteiger partial charge in [-0.05, 0) is 23.8 Å². The van der Waals surface area contributed by atoms with Gasteiger partial charge in [-0.15, -0.1) is 24.0 Å². The summed E-state index contributed by atoms with van der Waals surface area (Å²) in [5, 5.41) is 16.7. The Labute approximate surface area is 183 Å². The van der Waals surface area contributed by atoms with Crippen LogP contribution < -0.4 is 20.1 Å². The zero-order chi connectivity index (χ0) is 20.5. The lowest BCUT2D eigenvalue weighted by atomic mass is 10.2. The van der Waals surface area contributed by atoms with Crippen LogP contribution in [0.5, 0.6) is 11.5 Å². The first-order valence-corrected chi connectivity index (χ1v) is 8.22. The van der Waals surface area contributed by atoms with E-state index >= 15 is 0 Å². The maximum absolute atomic E-state index is 12.6. The molecular weight excluding hydrogens is 501 g/mol. The van der Waals surface area contributed by atoms with E-state index in [0.717, 1.165) is 5.56 Å². The van der Waals surface area contributed by atoms with Crippen molar-refractivity contribution in [2.75, 3.05) is 14.2 Å². The summed E-state index contributed by atoms with van der Waals surface area (Å²) in [5.41, 5.74) is 1.30. The van der Waals surface area contributed by atoms with Crippen LogP contribution in [0.15, 0.2) is 47.5 Å². The number of nitro groups is 1. The Kier molecular flexibility index (Phi) is 10.1. The van der Waals surface area contributed by atoms with Crippen molar-refractivity contribution >= 4 is 35.6 Å². The first-order valence-electron chi connectivity index (χ1n) is 8.22. The van der Waals surface area contributed by atoms with Crippen LogP contribution in [0.1, 0.15) is 11.1 Å². The molecule has 2 N–H and O–H groups in total. The van der Waals surface area contributed by atoms with Crippen LogP contribution in [0, 0.1) is 10.1 Å². The van der Waals surface area contributed by atoms with Crippen LogP contribution in [-0.4, -0.2) is 31.7 Å². The average Bonchev–Trinajstić information content (AvgIpc) is 2.69. The quantitative estimate of drug-likeness (QED) is 0.181. The molecule has 0 unspecified atom stereocenters. The summed E-state index contributed by atoms with van der Waals surface area (Å²) in [5.74, 6) is 0.963. The van der Waals surface area contributed by atoms with E-state index < -0.39 is 11.5 Å². The molecule has 0 amide bonds. The lowest BCUT2D eigenvalue weighted by Crippen LogP contribution is -2.36. The van der Waals surface area contributed by atoms with E-state index in [1.807, 2.05) is 0 Å². The number of non-ortho nitro benzene ring substituents is 1. The topological polar surface area (TPSA) is 98.0 Å². The van der Waals surface area contributed by atoms with Crippen LogP contribution in [-0.2, 0) is 13.1 Å². The second kappa shape index (κ2) is 12.0. The molecule has 0 aliphatic rings. The van der Waals surface area contributed by atoms with Crippen molar-refractivity contribution in [3.63, 3.8) is 0 Å². The van der Waals surface area contributed by atoms with E-state index in [1.165, 1.54) is 31.4 Å². The Bertz CT molecular complexity index is 835. The number of methoxy groups -OCH3 is 1. The standard InChI is InChI=1S/C18H20F2N4O4.HI/c1-21-18(22-10-12-3-5-14(6-4-12)24(25)26)23-11-13-9-15(27-2)7-8-16(13)28-17(19)20;/h3-9,17H,10-11H2,1-2H3,(H2,21,22,23);1H. The Morgan fingerprint density at radius 1 is 1.17 bits per heavy atom. The zero-order valence-electron chi connectivity index (χ0n) is 15.7. The third-order valence-electron chi connectivity index (χ3n) is 3.76. The number of aliphatic imine (C=N–C) groups is 1. The Morgan fingerprint density at radius 3 is 2.38 bits per heavy atom. The first-order chi connectivity index (χ1) is 13.4. The number of hydrogen-bond acceptors (Lipinski definition) is 5. The highest BCUT2D eigenvalue weighted by Gasteiger charge is 2.12. The number of ether oxygens (including phenoxy) is 2. The lowest BCUT2D eigenvalue weighted by Gasteiger charge is -2.15. The van der Waals surface area contributed by atoms with Gasteiger partial charge in [0.1, 0.15) is 11.5 Å². The summed E-state index contributed by atoms with van der Waals surface area (Å²) in [4.78, 5) is 14.3. The van der Waals surface area contributed by atoms with Crippen molar-refractivity contribution in [2.24, 2.45) is 4.99 Å². The average molecular weight is 522 g/mol. The summed E-state index contributed by atoms with van der Waals surface area (Å²) < 4.78 is 34.8. The minimum atomic E-state index is -2.94. The molecule has 0 spiro atoms. The number of alkyl halides is 2. The normalized spacial score (nSPS) is 10.9. The number of nitrogens with zero attached hydrogens (tertiary/aromatic N) is 2. The first kappa shape index (κ1) is 24.3. The van der Waals surface area contributed by atoms with E-state index in [9.17, 15) is 18.9 Å². The molecule has 0 radical (unpaired) electrons. The Balaban J connectivity index is 0.00000420. The van der Waals surface area contributed by atoms with Crippen molar-refractivity contribution in [2.45, 2.75) is 19.7 Å². The zero-order valence-corrected chi connectivity index (χ0v) is 18.1. The second-order valence-electron chi connectivity index (χ2n) is 5.56. The van der Waals surface area contributed by atoms with Crippen molar-refractivity contribution < 1.29 is 23.2 Å². The number of benzene rings is 2. The summed E-state index contributed by atoms with van der Waals surface area (Å²) in [6.45, 7) is -2.40. The van der Waals surface area contributed by atoms with Crippen LogP contribution in [0.4, 0.5) is 14.5 Å². The van der Waals surface area contributed by atoms with E-state index in [2.05, 4.69) is 20.4 Å². The number of nitro benzene ring substituents is 1. The highest BCUT2D eigenvalue weighted by atomic mass is 127. The van der Waals surface area contributed by atoms with Crippen LogP contribution in [0.2, 0.25) is 0 Å². The molecule has 0 aromatic heterocycles. The summed E-state index contributed by atoms with van der Waals surface area (Å²) in [6.07, 6.45) is 0. The lowest BCUT2D eigenvalue weighted by molar-refractivity contribution is -0.384. The van der Waals surface area contributed by atoms with E-state index in [4.69, 9.17) is 4.74 Å². The van der Waals surface area contributed by atoms with Gasteiger partial charge in [0.15, 0.2) is 5.96 Å². The van der Waals surface area contributed by atoms with Gasteiger partial charge in [-0.1, -0.05) is 12.1 Å². The smallest absolute Gasteiger partial charge is 0.387 e. The Hall–Kier alpha value is -2.70. The van der Waals surface area contributed by atoms with Crippen molar-refractivity contribution in [1.29, 1.82) is 0 Å². The summed E-state index contributed by atoms with van der Waals surface area (Å²) >= 11 is 0. The van der Waals surface area contributed by atoms with Gasteiger partial charge in [-0.2, -0.15) is 8.78 Å². The second-order valence-corrected chi connectivity index (χ2v) is 5.56. The van der Waals surface area contributed by atoms with Gasteiger partial charge >= 0.3 is 6.61 Å². The molecule has 0 saturated carbocycles. The molecule has 0 aliphatic heterocycles. The molecule has 158 valence electrons.